The second kappa shape index (κ2) is 4.62. The highest BCUT2D eigenvalue weighted by Crippen LogP contribution is 2.21. The maximum Gasteiger partial charge on any atom is 0.323 e. The normalized spacial score (nSPS) is 10.9. The molecule has 0 saturated carbocycles. The Morgan fingerprint density at radius 3 is 2.83 bits per heavy atom. The molecule has 3 N–H and O–H groups in total. The average molecular weight is 324 g/mol. The largest absolute Gasteiger partial charge is 0.380 e. The molecule has 3 rings (SSSR count). The Morgan fingerprint density at radius 2 is 2.06 bits per heavy atom. The lowest BCUT2D eigenvalue weighted by Crippen LogP contribution is -1.99. The van der Waals surface area contributed by atoms with Crippen molar-refractivity contribution in [1.82, 2.24) is 9.97 Å². The van der Waals surface area contributed by atoms with E-state index in [1.165, 1.54) is 4.88 Å². The van der Waals surface area contributed by atoms with Gasteiger partial charge in [0.25, 0.3) is 0 Å². The maximum absolute atomic E-state index is 11.1. The Morgan fingerprint density at radius 1 is 1.22 bits per heavy atom. The zero-order chi connectivity index (χ0) is 12.5. The molecule has 0 radical (unpaired) electrons. The van der Waals surface area contributed by atoms with Gasteiger partial charge in [0, 0.05) is 27.0 Å². The lowest BCUT2D eigenvalue weighted by molar-refractivity contribution is 1.19. The molecule has 2 aromatic heterocycles. The van der Waals surface area contributed by atoms with E-state index in [4.69, 9.17) is 0 Å². The second-order valence-corrected chi connectivity index (χ2v) is 5.84. The van der Waals surface area contributed by atoms with Gasteiger partial charge >= 0.3 is 5.69 Å². The van der Waals surface area contributed by atoms with Crippen LogP contribution in [-0.2, 0) is 6.54 Å². The summed E-state index contributed by atoms with van der Waals surface area (Å²) in [7, 11) is 0. The van der Waals surface area contributed by atoms with Gasteiger partial charge in [0.05, 0.1) is 11.0 Å². The first-order valence-corrected chi connectivity index (χ1v) is 7.07. The summed E-state index contributed by atoms with van der Waals surface area (Å²) >= 11 is 5.14. The van der Waals surface area contributed by atoms with Gasteiger partial charge in [-0.05, 0) is 40.2 Å². The monoisotopic (exact) mass is 323 g/mol. The number of aromatic amines is 2. The number of hydrogen-bond donors (Lipinski definition) is 3. The molecule has 0 bridgehead atoms. The Hall–Kier alpha value is -1.53. The van der Waals surface area contributed by atoms with Gasteiger partial charge in [-0.25, -0.2) is 4.79 Å². The molecule has 0 atom stereocenters. The molecule has 0 aliphatic rings. The first-order chi connectivity index (χ1) is 8.70. The van der Waals surface area contributed by atoms with E-state index in [0.29, 0.717) is 0 Å². The minimum absolute atomic E-state index is 0.177. The summed E-state index contributed by atoms with van der Waals surface area (Å²) in [5.41, 5.74) is 2.45. The van der Waals surface area contributed by atoms with Crippen LogP contribution in [0.1, 0.15) is 4.88 Å². The predicted octanol–water partition coefficient (Wildman–Crippen LogP) is 3.29. The van der Waals surface area contributed by atoms with Crippen LogP contribution in [0.2, 0.25) is 0 Å². The van der Waals surface area contributed by atoms with E-state index in [-0.39, 0.29) is 5.69 Å². The number of aromatic nitrogens is 2. The molecule has 4 nitrogen and oxygen atoms in total. The molecular weight excluding hydrogens is 314 g/mol. The van der Waals surface area contributed by atoms with Crippen LogP contribution in [0.4, 0.5) is 5.69 Å². The molecule has 0 unspecified atom stereocenters. The van der Waals surface area contributed by atoms with Gasteiger partial charge in [0.15, 0.2) is 0 Å². The Balaban J connectivity index is 1.80. The van der Waals surface area contributed by atoms with Crippen LogP contribution in [0.5, 0.6) is 0 Å². The van der Waals surface area contributed by atoms with Crippen LogP contribution in [0, 0.1) is 0 Å². The molecule has 0 amide bonds. The fraction of sp³-hybridized carbons (Fsp3) is 0.0833. The molecule has 1 aromatic carbocycles. The molecule has 0 aliphatic heterocycles. The van der Waals surface area contributed by atoms with E-state index in [9.17, 15) is 4.79 Å². The minimum Gasteiger partial charge on any atom is -0.380 e. The number of H-pyrrole nitrogens is 2. The summed E-state index contributed by atoms with van der Waals surface area (Å²) in [5, 5.41) is 5.39. The van der Waals surface area contributed by atoms with Crippen LogP contribution in [0.25, 0.3) is 11.0 Å². The number of imidazole rings is 1. The van der Waals surface area contributed by atoms with Gasteiger partial charge in [-0.1, -0.05) is 0 Å². The van der Waals surface area contributed by atoms with Crippen LogP contribution in [0.15, 0.2) is 38.9 Å². The van der Waals surface area contributed by atoms with Gasteiger partial charge < -0.3 is 15.3 Å². The number of anilines is 1. The molecule has 0 aliphatic carbocycles. The number of benzene rings is 1. The minimum atomic E-state index is -0.177. The van der Waals surface area contributed by atoms with Gasteiger partial charge in [0.1, 0.15) is 0 Å². The fourth-order valence-electron chi connectivity index (χ4n) is 1.78. The number of fused-ring (bicyclic) bond motifs is 1. The first-order valence-electron chi connectivity index (χ1n) is 5.39. The second-order valence-electron chi connectivity index (χ2n) is 3.92. The summed E-state index contributed by atoms with van der Waals surface area (Å²) in [6.07, 6.45) is 0. The molecule has 0 saturated heterocycles. The number of nitrogens with one attached hydrogen (secondary N) is 3. The quantitative estimate of drug-likeness (QED) is 0.692. The first kappa shape index (κ1) is 11.6. The Kier molecular flexibility index (Phi) is 2.97. The SMILES string of the molecule is O=c1[nH]c2ccc(NCc3cc(Br)cs3)cc2[nH]1. The van der Waals surface area contributed by atoms with Crippen molar-refractivity contribution < 1.29 is 0 Å². The molecule has 18 heavy (non-hydrogen) atoms. The highest BCUT2D eigenvalue weighted by Gasteiger charge is 2.01. The Bertz CT molecular complexity index is 743. The summed E-state index contributed by atoms with van der Waals surface area (Å²) in [5.74, 6) is 0. The molecule has 0 spiro atoms. The third-order valence-corrected chi connectivity index (χ3v) is 4.30. The molecule has 0 fully saturated rings. The number of rotatable bonds is 3. The van der Waals surface area contributed by atoms with Crippen LogP contribution >= 0.6 is 27.3 Å². The van der Waals surface area contributed by atoms with E-state index < -0.39 is 0 Å². The number of hydrogen-bond acceptors (Lipinski definition) is 3. The van der Waals surface area contributed by atoms with Crippen molar-refractivity contribution in [3.8, 4) is 0 Å². The van der Waals surface area contributed by atoms with Crippen molar-refractivity contribution in [2.45, 2.75) is 6.54 Å². The van der Waals surface area contributed by atoms with Crippen LogP contribution < -0.4 is 11.0 Å². The van der Waals surface area contributed by atoms with Crippen LogP contribution in [0.3, 0.4) is 0 Å². The van der Waals surface area contributed by atoms with E-state index in [0.717, 1.165) is 27.7 Å². The highest BCUT2D eigenvalue weighted by molar-refractivity contribution is 9.10. The number of halogens is 1. The standard InChI is InChI=1S/C12H10BrN3OS/c13-7-3-9(18-6-7)5-14-8-1-2-10-11(4-8)16-12(17)15-10/h1-4,6,14H,5H2,(H2,15,16,17). The van der Waals surface area contributed by atoms with E-state index in [1.54, 1.807) is 11.3 Å². The molecule has 6 heteroatoms. The molecular formula is C12H10BrN3OS. The smallest absolute Gasteiger partial charge is 0.323 e. The fourth-order valence-corrected chi connectivity index (χ4v) is 3.17. The van der Waals surface area contributed by atoms with E-state index >= 15 is 0 Å². The van der Waals surface area contributed by atoms with Gasteiger partial charge in [0.2, 0.25) is 0 Å². The summed E-state index contributed by atoms with van der Waals surface area (Å²) < 4.78 is 1.11. The lowest BCUT2D eigenvalue weighted by Gasteiger charge is -2.04. The van der Waals surface area contributed by atoms with Crippen molar-refractivity contribution in [3.63, 3.8) is 0 Å². The predicted molar refractivity (Wildman–Crippen MR) is 78.3 cm³/mol. The zero-order valence-electron chi connectivity index (χ0n) is 9.29. The van der Waals surface area contributed by atoms with E-state index in [2.05, 4.69) is 42.7 Å². The van der Waals surface area contributed by atoms with Crippen molar-refractivity contribution >= 4 is 44.0 Å². The van der Waals surface area contributed by atoms with Crippen molar-refractivity contribution in [2.75, 3.05) is 5.32 Å². The third kappa shape index (κ3) is 2.34. The van der Waals surface area contributed by atoms with E-state index in [1.807, 2.05) is 18.2 Å². The topological polar surface area (TPSA) is 60.7 Å². The average Bonchev–Trinajstić information content (AvgIpc) is 2.90. The summed E-state index contributed by atoms with van der Waals surface area (Å²) in [4.78, 5) is 17.9. The van der Waals surface area contributed by atoms with Crippen molar-refractivity contribution in [1.29, 1.82) is 0 Å². The maximum atomic E-state index is 11.1. The number of thiophene rings is 1. The van der Waals surface area contributed by atoms with Crippen molar-refractivity contribution in [2.24, 2.45) is 0 Å². The van der Waals surface area contributed by atoms with Gasteiger partial charge in [-0.3, -0.25) is 0 Å². The van der Waals surface area contributed by atoms with Crippen molar-refractivity contribution in [3.05, 3.63) is 49.5 Å². The molecule has 2 heterocycles. The zero-order valence-corrected chi connectivity index (χ0v) is 11.7. The van der Waals surface area contributed by atoms with Gasteiger partial charge in [-0.15, -0.1) is 11.3 Å². The third-order valence-electron chi connectivity index (χ3n) is 2.60. The van der Waals surface area contributed by atoms with Gasteiger partial charge in [-0.2, -0.15) is 0 Å². The Labute approximate surface area is 115 Å². The molecule has 3 aromatic rings. The van der Waals surface area contributed by atoms with Crippen LogP contribution in [-0.4, -0.2) is 9.97 Å². The summed E-state index contributed by atoms with van der Waals surface area (Å²) in [6.45, 7) is 0.774. The molecule has 92 valence electrons. The lowest BCUT2D eigenvalue weighted by atomic mass is 10.2. The highest BCUT2D eigenvalue weighted by atomic mass is 79.9. The summed E-state index contributed by atoms with van der Waals surface area (Å²) in [6, 6.07) is 7.86.